The lowest BCUT2D eigenvalue weighted by molar-refractivity contribution is 0.172. The number of fused-ring (bicyclic) bond motifs is 7. The molecule has 1 aromatic heterocycles. The molecule has 1 N–H and O–H groups in total. The Hall–Kier alpha value is -2.76. The molecule has 3 heterocycles. The van der Waals surface area contributed by atoms with Crippen molar-refractivity contribution in [2.75, 3.05) is 20.7 Å². The average Bonchev–Trinajstić information content (AvgIpc) is 3.21. The molecule has 21 heavy (non-hydrogen) atoms. The van der Waals surface area contributed by atoms with Crippen molar-refractivity contribution in [3.05, 3.63) is 18.2 Å². The lowest BCUT2D eigenvalue weighted by Gasteiger charge is -2.05. The van der Waals surface area contributed by atoms with Gasteiger partial charge in [0.25, 0.3) is 0 Å². The van der Waals surface area contributed by atoms with Crippen LogP contribution >= 0.6 is 0 Å². The molecule has 3 aromatic rings. The average molecular weight is 285 g/mol. The van der Waals surface area contributed by atoms with Crippen LogP contribution in [0.3, 0.4) is 0 Å². The van der Waals surface area contributed by atoms with E-state index in [1.807, 2.05) is 18.2 Å². The molecule has 0 atom stereocenters. The molecular weight excluding hydrogens is 274 g/mol. The quantitative estimate of drug-likeness (QED) is 0.745. The Morgan fingerprint density at radius 2 is 1.67 bits per heavy atom. The maximum Gasteiger partial charge on any atom is 0.231 e. The predicted molar refractivity (Wildman–Crippen MR) is 74.6 cm³/mol. The number of hydrogen-bond donors (Lipinski definition) is 1. The van der Waals surface area contributed by atoms with Crippen LogP contribution in [-0.4, -0.2) is 25.7 Å². The van der Waals surface area contributed by atoms with E-state index in [1.54, 1.807) is 7.11 Å². The molecule has 0 spiro atoms. The van der Waals surface area contributed by atoms with Crippen LogP contribution in [0.2, 0.25) is 0 Å². The smallest absolute Gasteiger partial charge is 0.231 e. The topological polar surface area (TPSA) is 61.9 Å². The van der Waals surface area contributed by atoms with Gasteiger partial charge in [0.15, 0.2) is 23.0 Å². The van der Waals surface area contributed by atoms with E-state index in [9.17, 15) is 0 Å². The van der Waals surface area contributed by atoms with Gasteiger partial charge in [0.1, 0.15) is 0 Å². The minimum atomic E-state index is 0.192. The first-order chi connectivity index (χ1) is 10.4. The van der Waals surface area contributed by atoms with Crippen LogP contribution < -0.4 is 23.7 Å². The van der Waals surface area contributed by atoms with Crippen molar-refractivity contribution in [1.82, 2.24) is 4.98 Å². The first-order valence-electron chi connectivity index (χ1n) is 6.57. The standard InChI is InChI=1S/C15H11NO5/c1-17-10-4-8-7-2-3-9-13(19-5-18-9)11(7)16-12(8)15-14(10)20-6-21-15/h2-4,16H,5-6H2,1H3. The molecule has 0 aliphatic carbocycles. The SMILES string of the molecule is COc1cc2c([nH]c3c4c(ccc32)OCO4)c2c1OCO2. The van der Waals surface area contributed by atoms with Crippen molar-refractivity contribution < 1.29 is 23.7 Å². The molecule has 0 radical (unpaired) electrons. The number of aromatic nitrogens is 1. The Morgan fingerprint density at radius 3 is 2.57 bits per heavy atom. The fourth-order valence-corrected chi connectivity index (χ4v) is 2.97. The zero-order valence-electron chi connectivity index (χ0n) is 11.2. The summed E-state index contributed by atoms with van der Waals surface area (Å²) in [4.78, 5) is 3.36. The van der Waals surface area contributed by atoms with Crippen molar-refractivity contribution in [2.24, 2.45) is 0 Å². The number of rotatable bonds is 1. The third-order valence-corrected chi connectivity index (χ3v) is 3.91. The highest BCUT2D eigenvalue weighted by Gasteiger charge is 2.27. The molecule has 2 aliphatic rings. The first-order valence-corrected chi connectivity index (χ1v) is 6.57. The van der Waals surface area contributed by atoms with Crippen LogP contribution in [0.15, 0.2) is 18.2 Å². The number of benzene rings is 2. The van der Waals surface area contributed by atoms with Crippen molar-refractivity contribution in [3.63, 3.8) is 0 Å². The summed E-state index contributed by atoms with van der Waals surface area (Å²) >= 11 is 0. The van der Waals surface area contributed by atoms with E-state index in [0.29, 0.717) is 17.2 Å². The van der Waals surface area contributed by atoms with E-state index in [1.165, 1.54) is 0 Å². The largest absolute Gasteiger partial charge is 0.493 e. The number of H-pyrrole nitrogens is 1. The zero-order chi connectivity index (χ0) is 14.0. The molecule has 0 amide bonds. The van der Waals surface area contributed by atoms with Gasteiger partial charge in [0.05, 0.1) is 18.1 Å². The van der Waals surface area contributed by atoms with Crippen molar-refractivity contribution in [1.29, 1.82) is 0 Å². The first kappa shape index (κ1) is 11.0. The normalized spacial score (nSPS) is 15.1. The van der Waals surface area contributed by atoms with Crippen LogP contribution in [0, 0.1) is 0 Å². The molecule has 0 bridgehead atoms. The summed E-state index contributed by atoms with van der Waals surface area (Å²) in [5.74, 6) is 3.44. The summed E-state index contributed by atoms with van der Waals surface area (Å²) in [6, 6.07) is 5.86. The second kappa shape index (κ2) is 3.66. The van der Waals surface area contributed by atoms with Gasteiger partial charge in [0, 0.05) is 10.8 Å². The molecule has 6 heteroatoms. The minimum absolute atomic E-state index is 0.192. The summed E-state index contributed by atoms with van der Waals surface area (Å²) < 4.78 is 27.5. The molecule has 0 unspecified atom stereocenters. The summed E-state index contributed by atoms with van der Waals surface area (Å²) in [6.45, 7) is 0.433. The molecule has 0 saturated heterocycles. The van der Waals surface area contributed by atoms with Gasteiger partial charge in [-0.2, -0.15) is 0 Å². The number of nitrogens with one attached hydrogen (secondary N) is 1. The predicted octanol–water partition coefficient (Wildman–Crippen LogP) is 2.79. The molecule has 0 saturated carbocycles. The Labute approximate surface area is 119 Å². The molecule has 5 rings (SSSR count). The highest BCUT2D eigenvalue weighted by Crippen LogP contribution is 2.50. The van der Waals surface area contributed by atoms with E-state index in [2.05, 4.69) is 4.98 Å². The highest BCUT2D eigenvalue weighted by atomic mass is 16.7. The molecule has 106 valence electrons. The van der Waals surface area contributed by atoms with Gasteiger partial charge in [-0.25, -0.2) is 0 Å². The van der Waals surface area contributed by atoms with Gasteiger partial charge in [-0.05, 0) is 18.2 Å². The minimum Gasteiger partial charge on any atom is -0.493 e. The number of aromatic amines is 1. The third kappa shape index (κ3) is 1.27. The maximum absolute atomic E-state index is 5.60. The fraction of sp³-hybridized carbons (Fsp3) is 0.200. The van der Waals surface area contributed by atoms with E-state index < -0.39 is 0 Å². The summed E-state index contributed by atoms with van der Waals surface area (Å²) in [5, 5.41) is 2.04. The zero-order valence-corrected chi connectivity index (χ0v) is 11.2. The second-order valence-electron chi connectivity index (χ2n) is 4.91. The van der Waals surface area contributed by atoms with Gasteiger partial charge in [-0.1, -0.05) is 0 Å². The second-order valence-corrected chi connectivity index (χ2v) is 4.91. The van der Waals surface area contributed by atoms with Crippen molar-refractivity contribution in [3.8, 4) is 28.7 Å². The van der Waals surface area contributed by atoms with Crippen LogP contribution in [0.5, 0.6) is 28.7 Å². The monoisotopic (exact) mass is 285 g/mol. The van der Waals surface area contributed by atoms with Gasteiger partial charge in [-0.15, -0.1) is 0 Å². The fourth-order valence-electron chi connectivity index (χ4n) is 2.97. The maximum atomic E-state index is 5.60. The van der Waals surface area contributed by atoms with Crippen LogP contribution in [-0.2, 0) is 0 Å². The third-order valence-electron chi connectivity index (χ3n) is 3.91. The molecule has 0 fully saturated rings. The van der Waals surface area contributed by atoms with E-state index in [-0.39, 0.29) is 13.6 Å². The van der Waals surface area contributed by atoms with Crippen LogP contribution in [0.4, 0.5) is 0 Å². The Bertz CT molecular complexity index is 898. The number of hydrogen-bond acceptors (Lipinski definition) is 5. The highest BCUT2D eigenvalue weighted by molar-refractivity contribution is 6.13. The summed E-state index contributed by atoms with van der Waals surface area (Å²) in [6.07, 6.45) is 0. The van der Waals surface area contributed by atoms with Gasteiger partial charge in [0.2, 0.25) is 19.3 Å². The van der Waals surface area contributed by atoms with Gasteiger partial charge in [-0.3, -0.25) is 0 Å². The Balaban J connectivity index is 1.95. The van der Waals surface area contributed by atoms with Crippen molar-refractivity contribution >= 4 is 21.8 Å². The van der Waals surface area contributed by atoms with E-state index in [4.69, 9.17) is 23.7 Å². The van der Waals surface area contributed by atoms with Crippen LogP contribution in [0.25, 0.3) is 21.8 Å². The van der Waals surface area contributed by atoms with Crippen molar-refractivity contribution in [2.45, 2.75) is 0 Å². The lowest BCUT2D eigenvalue weighted by atomic mass is 10.1. The molecule has 6 nitrogen and oxygen atoms in total. The summed E-state index contributed by atoms with van der Waals surface area (Å²) in [5.41, 5.74) is 1.77. The van der Waals surface area contributed by atoms with Crippen LogP contribution in [0.1, 0.15) is 0 Å². The molecule has 2 aromatic carbocycles. The Kier molecular flexibility index (Phi) is 1.91. The van der Waals surface area contributed by atoms with Gasteiger partial charge < -0.3 is 28.7 Å². The van der Waals surface area contributed by atoms with E-state index >= 15 is 0 Å². The Morgan fingerprint density at radius 1 is 0.905 bits per heavy atom. The van der Waals surface area contributed by atoms with E-state index in [0.717, 1.165) is 33.3 Å². The molecular formula is C15H11NO5. The number of methoxy groups -OCH3 is 1. The number of ether oxygens (including phenoxy) is 5. The summed E-state index contributed by atoms with van der Waals surface area (Å²) in [7, 11) is 1.62. The molecule has 2 aliphatic heterocycles. The lowest BCUT2D eigenvalue weighted by Crippen LogP contribution is -1.94. The van der Waals surface area contributed by atoms with Gasteiger partial charge >= 0.3 is 0 Å².